The first-order chi connectivity index (χ1) is 33.2. The quantitative estimate of drug-likeness (QED) is 0.100. The summed E-state index contributed by atoms with van der Waals surface area (Å²) in [6, 6.07) is 64.8. The van der Waals surface area contributed by atoms with Crippen LogP contribution in [0.2, 0.25) is 10.0 Å². The fourth-order valence-electron chi connectivity index (χ4n) is 7.69. The zero-order valence-electron chi connectivity index (χ0n) is 35.9. The van der Waals surface area contributed by atoms with E-state index in [0.29, 0.717) is 89.4 Å². The summed E-state index contributed by atoms with van der Waals surface area (Å²) in [4.78, 5) is 39.4. The molecule has 0 saturated heterocycles. The van der Waals surface area contributed by atoms with Crippen LogP contribution >= 0.6 is 23.2 Å². The van der Waals surface area contributed by atoms with Gasteiger partial charge in [-0.15, -0.1) is 0 Å². The van der Waals surface area contributed by atoms with Crippen molar-refractivity contribution in [1.82, 2.24) is 0 Å². The van der Waals surface area contributed by atoms with Gasteiger partial charge in [0, 0.05) is 54.2 Å². The molecule has 0 aromatic heterocycles. The lowest BCUT2D eigenvalue weighted by molar-refractivity contribution is 0.103. The SMILES string of the molecule is O=C(c1ccc(Cl)cc1)c1ccc(Oc2ccc3ccc(Oc4ccc(C(=O)c5ccc(Oc6cccc7c(Oc8ccc(C(=O)c9ccc(Cl)cc9)cc8)cccc67)cc5)cc4)cc3c2)cc1. The van der Waals surface area contributed by atoms with Crippen LogP contribution in [0.15, 0.2) is 218 Å². The zero-order valence-corrected chi connectivity index (χ0v) is 37.4. The van der Waals surface area contributed by atoms with Crippen LogP contribution in [0.3, 0.4) is 0 Å². The summed E-state index contributed by atoms with van der Waals surface area (Å²) in [7, 11) is 0. The Balaban J connectivity index is 0.759. The summed E-state index contributed by atoms with van der Waals surface area (Å²) in [6.07, 6.45) is 0. The molecule has 9 heteroatoms. The maximum Gasteiger partial charge on any atom is 0.193 e. The van der Waals surface area contributed by atoms with Crippen molar-refractivity contribution in [3.8, 4) is 46.0 Å². The van der Waals surface area contributed by atoms with E-state index in [-0.39, 0.29) is 17.3 Å². The fourth-order valence-corrected chi connectivity index (χ4v) is 7.94. The van der Waals surface area contributed by atoms with Gasteiger partial charge in [0.1, 0.15) is 46.0 Å². The van der Waals surface area contributed by atoms with Crippen LogP contribution in [-0.4, -0.2) is 17.3 Å². The third kappa shape index (κ3) is 9.71. The largest absolute Gasteiger partial charge is 0.457 e. The molecule has 68 heavy (non-hydrogen) atoms. The Kier molecular flexibility index (Phi) is 12.2. The molecule has 0 heterocycles. The molecule has 0 radical (unpaired) electrons. The van der Waals surface area contributed by atoms with Crippen molar-refractivity contribution in [3.63, 3.8) is 0 Å². The standard InChI is InChI=1S/C59H36Cl2O7/c60-45-21-7-38(8-22-45)57(62)40-13-25-47(26-14-40)65-51-33-11-37-12-34-52(36-44(37)35-51)66-48-27-15-41(16-28-48)59(64)43-19-31-50(32-20-43)68-56-6-2-3-53-54(56)4-1-5-55(53)67-49-29-17-42(18-30-49)58(63)39-9-23-46(61)24-10-39/h1-36H. The minimum atomic E-state index is -0.140. The van der Waals surface area contributed by atoms with Crippen molar-refractivity contribution >= 4 is 62.1 Å². The van der Waals surface area contributed by atoms with Gasteiger partial charge in [-0.25, -0.2) is 0 Å². The number of fused-ring (bicyclic) bond motifs is 2. The molecule has 7 nitrogen and oxygen atoms in total. The average Bonchev–Trinajstić information content (AvgIpc) is 3.37. The number of hydrogen-bond donors (Lipinski definition) is 0. The first kappa shape index (κ1) is 43.4. The van der Waals surface area contributed by atoms with Gasteiger partial charge in [-0.3, -0.25) is 14.4 Å². The van der Waals surface area contributed by atoms with E-state index >= 15 is 0 Å². The van der Waals surface area contributed by atoms with Crippen molar-refractivity contribution in [2.24, 2.45) is 0 Å². The van der Waals surface area contributed by atoms with Crippen molar-refractivity contribution in [1.29, 1.82) is 0 Å². The second-order valence-electron chi connectivity index (χ2n) is 15.8. The third-order valence-corrected chi connectivity index (χ3v) is 11.7. The van der Waals surface area contributed by atoms with Crippen molar-refractivity contribution in [2.75, 3.05) is 0 Å². The van der Waals surface area contributed by atoms with Gasteiger partial charge in [-0.1, -0.05) is 59.6 Å². The topological polar surface area (TPSA) is 88.1 Å². The van der Waals surface area contributed by atoms with E-state index in [1.165, 1.54) is 0 Å². The summed E-state index contributed by atoms with van der Waals surface area (Å²) in [5.41, 5.74) is 3.22. The zero-order chi connectivity index (χ0) is 46.6. The molecule has 10 aromatic rings. The summed E-state index contributed by atoms with van der Waals surface area (Å²) >= 11 is 12.0. The van der Waals surface area contributed by atoms with Crippen LogP contribution in [0.25, 0.3) is 21.5 Å². The van der Waals surface area contributed by atoms with Gasteiger partial charge in [0.2, 0.25) is 0 Å². The van der Waals surface area contributed by atoms with Gasteiger partial charge in [0.25, 0.3) is 0 Å². The maximum atomic E-state index is 13.6. The molecule has 328 valence electrons. The van der Waals surface area contributed by atoms with E-state index in [9.17, 15) is 14.4 Å². The second-order valence-corrected chi connectivity index (χ2v) is 16.7. The van der Waals surface area contributed by atoms with E-state index < -0.39 is 0 Å². The highest BCUT2D eigenvalue weighted by Gasteiger charge is 2.15. The van der Waals surface area contributed by atoms with E-state index in [4.69, 9.17) is 42.1 Å². The molecular formula is C59H36Cl2O7. The Morgan fingerprint density at radius 3 is 0.882 bits per heavy atom. The first-order valence-corrected chi connectivity index (χ1v) is 22.3. The van der Waals surface area contributed by atoms with E-state index in [1.54, 1.807) is 146 Å². The first-order valence-electron chi connectivity index (χ1n) is 21.5. The molecule has 0 aliphatic heterocycles. The van der Waals surface area contributed by atoms with Crippen molar-refractivity contribution < 1.29 is 33.3 Å². The van der Waals surface area contributed by atoms with E-state index in [0.717, 1.165) is 21.5 Å². The lowest BCUT2D eigenvalue weighted by Crippen LogP contribution is -2.01. The molecule has 10 aromatic carbocycles. The summed E-state index contributed by atoms with van der Waals surface area (Å²) in [5.74, 6) is 4.49. The minimum absolute atomic E-state index is 0.0977. The monoisotopic (exact) mass is 926 g/mol. The molecule has 10 rings (SSSR count). The normalized spacial score (nSPS) is 11.0. The number of hydrogen-bond acceptors (Lipinski definition) is 7. The predicted octanol–water partition coefficient (Wildman–Crippen LogP) is 16.2. The molecule has 0 saturated carbocycles. The molecule has 0 N–H and O–H groups in total. The number of rotatable bonds is 14. The van der Waals surface area contributed by atoms with Gasteiger partial charge < -0.3 is 18.9 Å². The van der Waals surface area contributed by atoms with Gasteiger partial charge >= 0.3 is 0 Å². The van der Waals surface area contributed by atoms with E-state index in [1.807, 2.05) is 72.8 Å². The lowest BCUT2D eigenvalue weighted by Gasteiger charge is -2.13. The van der Waals surface area contributed by atoms with Gasteiger partial charge in [0.05, 0.1) is 0 Å². The van der Waals surface area contributed by atoms with Crippen LogP contribution < -0.4 is 18.9 Å². The molecule has 0 unspecified atom stereocenters. The van der Waals surface area contributed by atoms with Crippen LogP contribution in [0.1, 0.15) is 47.8 Å². The second kappa shape index (κ2) is 19.2. The number of carbonyl (C=O) groups is 3. The fraction of sp³-hybridized carbons (Fsp3) is 0. The van der Waals surface area contributed by atoms with Crippen LogP contribution in [-0.2, 0) is 0 Å². The molecule has 0 aliphatic carbocycles. The molecule has 0 amide bonds. The van der Waals surface area contributed by atoms with Gasteiger partial charge in [-0.2, -0.15) is 0 Å². The maximum absolute atomic E-state index is 13.6. The number of ketones is 3. The van der Waals surface area contributed by atoms with Gasteiger partial charge in [-0.05, 0) is 193 Å². The highest BCUT2D eigenvalue weighted by molar-refractivity contribution is 6.31. The predicted molar refractivity (Wildman–Crippen MR) is 267 cm³/mol. The number of ether oxygens (including phenoxy) is 4. The smallest absolute Gasteiger partial charge is 0.193 e. The molecule has 0 atom stereocenters. The Bertz CT molecular complexity index is 3480. The highest BCUT2D eigenvalue weighted by Crippen LogP contribution is 2.37. The molecule has 0 aliphatic rings. The average molecular weight is 928 g/mol. The number of benzene rings is 10. The van der Waals surface area contributed by atoms with Crippen molar-refractivity contribution in [3.05, 3.63) is 262 Å². The van der Waals surface area contributed by atoms with Crippen LogP contribution in [0.4, 0.5) is 0 Å². The lowest BCUT2D eigenvalue weighted by atomic mass is 10.0. The van der Waals surface area contributed by atoms with Crippen LogP contribution in [0.5, 0.6) is 46.0 Å². The summed E-state index contributed by atoms with van der Waals surface area (Å²) < 4.78 is 25.0. The third-order valence-electron chi connectivity index (χ3n) is 11.2. The van der Waals surface area contributed by atoms with Gasteiger partial charge in [0.15, 0.2) is 17.3 Å². The highest BCUT2D eigenvalue weighted by atomic mass is 35.5. The van der Waals surface area contributed by atoms with E-state index in [2.05, 4.69) is 0 Å². The molecule has 0 bridgehead atoms. The van der Waals surface area contributed by atoms with Crippen LogP contribution in [0, 0.1) is 0 Å². The number of halogens is 2. The number of carbonyl (C=O) groups excluding carboxylic acids is 3. The minimum Gasteiger partial charge on any atom is -0.457 e. The Hall–Kier alpha value is -8.49. The molecule has 0 fully saturated rings. The summed E-state index contributed by atoms with van der Waals surface area (Å²) in [5, 5.41) is 4.75. The Labute approximate surface area is 401 Å². The molecule has 0 spiro atoms. The molecular weight excluding hydrogens is 892 g/mol. The summed E-state index contributed by atoms with van der Waals surface area (Å²) in [6.45, 7) is 0. The Morgan fingerprint density at radius 2 is 0.559 bits per heavy atom. The Morgan fingerprint density at radius 1 is 0.279 bits per heavy atom. The van der Waals surface area contributed by atoms with Crippen molar-refractivity contribution in [2.45, 2.75) is 0 Å².